The molecule has 0 spiro atoms. The summed E-state index contributed by atoms with van der Waals surface area (Å²) in [6.07, 6.45) is 2.67. The zero-order chi connectivity index (χ0) is 29.7. The lowest BCUT2D eigenvalue weighted by Gasteiger charge is -2.25. The van der Waals surface area contributed by atoms with Gasteiger partial charge in [0.1, 0.15) is 28.8 Å². The number of pyridine rings is 1. The molecule has 1 saturated heterocycles. The number of ether oxygens (including phenoxy) is 2. The van der Waals surface area contributed by atoms with Crippen LogP contribution in [0, 0.1) is 11.3 Å². The van der Waals surface area contributed by atoms with Gasteiger partial charge in [0.15, 0.2) is 0 Å². The summed E-state index contributed by atoms with van der Waals surface area (Å²) in [5.41, 5.74) is 6.27. The largest absolute Gasteiger partial charge is 0.497 e. The number of nitriles is 1. The number of aromatic nitrogens is 1. The van der Waals surface area contributed by atoms with Gasteiger partial charge in [0.05, 0.1) is 24.3 Å². The van der Waals surface area contributed by atoms with Crippen LogP contribution in [0.3, 0.4) is 0 Å². The minimum atomic E-state index is -3.62. The van der Waals surface area contributed by atoms with Gasteiger partial charge in [-0.2, -0.15) is 19.3 Å². The Hall–Kier alpha value is -4.47. The van der Waals surface area contributed by atoms with Gasteiger partial charge in [-0.3, -0.25) is 4.79 Å². The second kappa shape index (κ2) is 12.4. The number of hydrogen-bond donors (Lipinski definition) is 1. The third kappa shape index (κ3) is 5.86. The molecule has 2 N–H and O–H groups in total. The van der Waals surface area contributed by atoms with E-state index in [0.717, 1.165) is 23.9 Å². The van der Waals surface area contributed by atoms with Crippen LogP contribution >= 0.6 is 0 Å². The third-order valence-electron chi connectivity index (χ3n) is 6.84. The van der Waals surface area contributed by atoms with Crippen LogP contribution in [0.4, 0.5) is 5.82 Å². The molecule has 0 radical (unpaired) electrons. The van der Waals surface area contributed by atoms with E-state index in [4.69, 9.17) is 15.2 Å². The van der Waals surface area contributed by atoms with E-state index in [-0.39, 0.29) is 34.0 Å². The molecule has 2 heterocycles. The summed E-state index contributed by atoms with van der Waals surface area (Å²) in [7, 11) is -2.12. The van der Waals surface area contributed by atoms with Crippen molar-refractivity contribution in [2.24, 2.45) is 5.10 Å². The molecule has 0 bridgehead atoms. The molecular formula is C29H31N5O6S. The highest BCUT2D eigenvalue weighted by atomic mass is 32.2. The van der Waals surface area contributed by atoms with E-state index in [1.807, 2.05) is 6.07 Å². The van der Waals surface area contributed by atoms with Crippen molar-refractivity contribution < 1.29 is 22.7 Å². The van der Waals surface area contributed by atoms with Crippen LogP contribution in [0.2, 0.25) is 0 Å². The van der Waals surface area contributed by atoms with Gasteiger partial charge in [0.25, 0.3) is 5.56 Å². The highest BCUT2D eigenvalue weighted by molar-refractivity contribution is 7.89. The number of hydrogen-bond acceptors (Lipinski definition) is 9. The van der Waals surface area contributed by atoms with Crippen molar-refractivity contribution in [3.05, 3.63) is 75.6 Å². The number of rotatable bonds is 8. The molecule has 1 aliphatic rings. The van der Waals surface area contributed by atoms with Crippen molar-refractivity contribution in [2.75, 3.05) is 32.5 Å². The Balaban J connectivity index is 1.81. The van der Waals surface area contributed by atoms with E-state index in [1.54, 1.807) is 50.2 Å². The normalized spacial score (nSPS) is 14.3. The lowest BCUT2D eigenvalue weighted by molar-refractivity contribution is 0.0527. The molecule has 0 atom stereocenters. The highest BCUT2D eigenvalue weighted by Crippen LogP contribution is 2.32. The Morgan fingerprint density at radius 1 is 1.07 bits per heavy atom. The summed E-state index contributed by atoms with van der Waals surface area (Å²) < 4.78 is 38.7. The number of carbonyl (C=O) groups excluding carboxylic acids is 1. The average molecular weight is 578 g/mol. The monoisotopic (exact) mass is 577 g/mol. The van der Waals surface area contributed by atoms with Crippen molar-refractivity contribution in [2.45, 2.75) is 38.0 Å². The van der Waals surface area contributed by atoms with Gasteiger partial charge >= 0.3 is 5.97 Å². The van der Waals surface area contributed by atoms with Gasteiger partial charge in [0, 0.05) is 18.7 Å². The first-order valence-electron chi connectivity index (χ1n) is 13.1. The second-order valence-corrected chi connectivity index (χ2v) is 11.3. The van der Waals surface area contributed by atoms with Crippen LogP contribution in [-0.2, 0) is 14.8 Å². The molecule has 41 heavy (non-hydrogen) atoms. The topological polar surface area (TPSA) is 157 Å². The van der Waals surface area contributed by atoms with E-state index in [1.165, 1.54) is 23.5 Å². The first kappa shape index (κ1) is 29.5. The van der Waals surface area contributed by atoms with Gasteiger partial charge in [-0.25, -0.2) is 13.2 Å². The standard InChI is InChI=1S/C29H31N5O6S/c1-4-40-29(36)26-25(21-8-12-22(39-3)13-9-21)24(18-30)28(35)34(27(26)31)32-19(2)20-10-14-23(15-11-20)41(37,38)33-16-6-5-7-17-33/h8-15H,4-7,16-17,31H2,1-3H3/b32-19+. The summed E-state index contributed by atoms with van der Waals surface area (Å²) >= 11 is 0. The summed E-state index contributed by atoms with van der Waals surface area (Å²) in [5, 5.41) is 14.3. The maximum atomic E-state index is 13.5. The average Bonchev–Trinajstić information content (AvgIpc) is 2.99. The van der Waals surface area contributed by atoms with Crippen LogP contribution in [-0.4, -0.2) is 55.9 Å². The van der Waals surface area contributed by atoms with Crippen molar-refractivity contribution in [1.29, 1.82) is 5.26 Å². The van der Waals surface area contributed by atoms with Gasteiger partial charge in [-0.15, -0.1) is 0 Å². The first-order chi connectivity index (χ1) is 19.6. The molecule has 0 amide bonds. The summed E-state index contributed by atoms with van der Waals surface area (Å²) in [4.78, 5) is 26.7. The van der Waals surface area contributed by atoms with Gasteiger partial charge in [-0.05, 0) is 62.1 Å². The fourth-order valence-corrected chi connectivity index (χ4v) is 6.19. The Morgan fingerprint density at radius 2 is 1.71 bits per heavy atom. The Morgan fingerprint density at radius 3 is 2.27 bits per heavy atom. The van der Waals surface area contributed by atoms with E-state index >= 15 is 0 Å². The molecule has 1 aliphatic heterocycles. The van der Waals surface area contributed by atoms with E-state index in [2.05, 4.69) is 5.10 Å². The number of carbonyl (C=O) groups is 1. The minimum absolute atomic E-state index is 0.0347. The molecule has 0 saturated carbocycles. The van der Waals surface area contributed by atoms with Crippen LogP contribution in [0.5, 0.6) is 5.75 Å². The fraction of sp³-hybridized carbons (Fsp3) is 0.310. The van der Waals surface area contributed by atoms with Crippen molar-refractivity contribution in [3.63, 3.8) is 0 Å². The molecular weight excluding hydrogens is 546 g/mol. The van der Waals surface area contributed by atoms with E-state index in [9.17, 15) is 23.3 Å². The molecule has 214 valence electrons. The first-order valence-corrected chi connectivity index (χ1v) is 14.5. The van der Waals surface area contributed by atoms with Crippen LogP contribution in [0.15, 0.2) is 63.3 Å². The number of anilines is 1. The lowest BCUT2D eigenvalue weighted by Crippen LogP contribution is -2.35. The van der Waals surface area contributed by atoms with Crippen LogP contribution in [0.25, 0.3) is 11.1 Å². The van der Waals surface area contributed by atoms with E-state index in [0.29, 0.717) is 35.7 Å². The second-order valence-electron chi connectivity index (χ2n) is 9.36. The third-order valence-corrected chi connectivity index (χ3v) is 8.75. The van der Waals surface area contributed by atoms with E-state index < -0.39 is 21.6 Å². The van der Waals surface area contributed by atoms with Gasteiger partial charge < -0.3 is 15.2 Å². The SMILES string of the molecule is CCOC(=O)c1c(-c2ccc(OC)cc2)c(C#N)c(=O)n(/N=C(\C)c2ccc(S(=O)(=O)N3CCCCC3)cc2)c1N. The van der Waals surface area contributed by atoms with Crippen molar-refractivity contribution in [3.8, 4) is 22.9 Å². The molecule has 11 nitrogen and oxygen atoms in total. The maximum Gasteiger partial charge on any atom is 0.342 e. The smallest absolute Gasteiger partial charge is 0.342 e. The number of sulfonamides is 1. The Kier molecular flexibility index (Phi) is 8.90. The molecule has 2 aromatic carbocycles. The number of esters is 1. The molecule has 12 heteroatoms. The fourth-order valence-electron chi connectivity index (χ4n) is 4.67. The van der Waals surface area contributed by atoms with Gasteiger partial charge in [-0.1, -0.05) is 30.7 Å². The molecule has 4 rings (SSSR count). The summed E-state index contributed by atoms with van der Waals surface area (Å²) in [5.74, 6) is -0.579. The zero-order valence-corrected chi connectivity index (χ0v) is 23.9. The molecule has 0 unspecified atom stereocenters. The Labute approximate surface area is 238 Å². The molecule has 3 aromatic rings. The Bertz CT molecular complexity index is 1680. The van der Waals surface area contributed by atoms with Crippen molar-refractivity contribution in [1.82, 2.24) is 8.98 Å². The van der Waals surface area contributed by atoms with Crippen LogP contribution in [0.1, 0.15) is 54.6 Å². The van der Waals surface area contributed by atoms with Gasteiger partial charge in [0.2, 0.25) is 10.0 Å². The lowest BCUT2D eigenvalue weighted by atomic mass is 9.96. The zero-order valence-electron chi connectivity index (χ0n) is 23.1. The molecule has 1 aromatic heterocycles. The molecule has 1 fully saturated rings. The summed E-state index contributed by atoms with van der Waals surface area (Å²) in [6, 6.07) is 14.5. The predicted octanol–water partition coefficient (Wildman–Crippen LogP) is 3.60. The number of nitrogen functional groups attached to an aromatic ring is 1. The number of piperidine rings is 1. The summed E-state index contributed by atoms with van der Waals surface area (Å²) in [6.45, 7) is 4.25. The number of nitrogens with zero attached hydrogens (tertiary/aromatic N) is 4. The number of methoxy groups -OCH3 is 1. The number of benzene rings is 2. The highest BCUT2D eigenvalue weighted by Gasteiger charge is 2.28. The van der Waals surface area contributed by atoms with Crippen LogP contribution < -0.4 is 16.0 Å². The predicted molar refractivity (Wildman–Crippen MR) is 154 cm³/mol. The minimum Gasteiger partial charge on any atom is -0.497 e. The van der Waals surface area contributed by atoms with Crippen molar-refractivity contribution >= 4 is 27.5 Å². The number of nitrogens with two attached hydrogens (primary N) is 1. The maximum absolute atomic E-state index is 13.5. The quantitative estimate of drug-likeness (QED) is 0.314. The molecule has 0 aliphatic carbocycles.